The van der Waals surface area contributed by atoms with Gasteiger partial charge >= 0.3 is 0 Å². The minimum atomic E-state index is -0.670. The van der Waals surface area contributed by atoms with Crippen LogP contribution in [0, 0.1) is 15.5 Å². The molecule has 1 aromatic carbocycles. The van der Waals surface area contributed by atoms with Crippen molar-refractivity contribution >= 4 is 11.6 Å². The van der Waals surface area contributed by atoms with Crippen LogP contribution in [0.1, 0.15) is 24.8 Å². The molecule has 1 aliphatic rings. The minimum Gasteiger partial charge on any atom is -0.354 e. The second-order valence-corrected chi connectivity index (χ2v) is 6.01. The Morgan fingerprint density at radius 1 is 1.36 bits per heavy atom. The van der Waals surface area contributed by atoms with Crippen molar-refractivity contribution in [3.8, 4) is 0 Å². The van der Waals surface area contributed by atoms with E-state index in [1.165, 1.54) is 12.1 Å². The van der Waals surface area contributed by atoms with Gasteiger partial charge in [-0.3, -0.25) is 14.9 Å². The molecule has 0 aromatic heterocycles. The van der Waals surface area contributed by atoms with Crippen molar-refractivity contribution in [1.29, 1.82) is 0 Å². The molecule has 7 nitrogen and oxygen atoms in total. The van der Waals surface area contributed by atoms with Crippen molar-refractivity contribution in [2.75, 3.05) is 13.1 Å². The molecule has 0 aliphatic heterocycles. The molecule has 1 aromatic rings. The number of hydrogen-bond acceptors (Lipinski definition) is 5. The van der Waals surface area contributed by atoms with Gasteiger partial charge in [-0.25, -0.2) is 0 Å². The largest absolute Gasteiger partial charge is 0.354 e. The summed E-state index contributed by atoms with van der Waals surface area (Å²) in [5.74, 6) is -0.210. The molecule has 0 spiro atoms. The van der Waals surface area contributed by atoms with Crippen molar-refractivity contribution in [2.24, 2.45) is 16.9 Å². The van der Waals surface area contributed by atoms with Crippen LogP contribution in [0.2, 0.25) is 0 Å². The van der Waals surface area contributed by atoms with E-state index in [9.17, 15) is 14.9 Å². The van der Waals surface area contributed by atoms with Gasteiger partial charge in [0, 0.05) is 18.7 Å². The summed E-state index contributed by atoms with van der Waals surface area (Å²) >= 11 is 0. The number of nitro groups is 1. The molecule has 0 bridgehead atoms. The smallest absolute Gasteiger partial charge is 0.269 e. The Hall–Kier alpha value is -1.99. The zero-order chi connectivity index (χ0) is 16.2. The summed E-state index contributed by atoms with van der Waals surface area (Å²) in [6.07, 6.45) is 3.59. The van der Waals surface area contributed by atoms with Crippen LogP contribution in [0.5, 0.6) is 0 Å². The van der Waals surface area contributed by atoms with Crippen molar-refractivity contribution in [3.63, 3.8) is 0 Å². The number of rotatable bonds is 7. The fraction of sp³-hybridized carbons (Fsp3) is 0.533. The Bertz CT molecular complexity index is 535. The number of nitro benzene ring substituents is 1. The normalized spacial score (nSPS) is 17.4. The maximum absolute atomic E-state index is 12.0. The number of nitrogens with one attached hydrogen (secondary N) is 1. The first-order chi connectivity index (χ1) is 10.5. The lowest BCUT2D eigenvalue weighted by atomic mass is 9.69. The van der Waals surface area contributed by atoms with Gasteiger partial charge in [0.15, 0.2) is 0 Å². The maximum Gasteiger partial charge on any atom is 0.269 e. The number of carbonyl (C=O) groups is 1. The monoisotopic (exact) mass is 306 g/mol. The molecule has 1 atom stereocenters. The molecule has 1 saturated carbocycles. The third kappa shape index (κ3) is 3.80. The Morgan fingerprint density at radius 2 is 2.00 bits per heavy atom. The van der Waals surface area contributed by atoms with E-state index in [2.05, 4.69) is 5.32 Å². The quantitative estimate of drug-likeness (QED) is 0.505. The molecule has 2 rings (SSSR count). The third-order valence-electron chi connectivity index (χ3n) is 4.42. The van der Waals surface area contributed by atoms with Crippen LogP contribution in [-0.4, -0.2) is 30.0 Å². The van der Waals surface area contributed by atoms with Crippen molar-refractivity contribution < 1.29 is 9.72 Å². The molecule has 1 unspecified atom stereocenters. The van der Waals surface area contributed by atoms with Gasteiger partial charge in [-0.15, -0.1) is 0 Å². The highest BCUT2D eigenvalue weighted by atomic mass is 16.6. The van der Waals surface area contributed by atoms with Gasteiger partial charge in [0.1, 0.15) is 0 Å². The van der Waals surface area contributed by atoms with Gasteiger partial charge in [-0.2, -0.15) is 0 Å². The van der Waals surface area contributed by atoms with E-state index in [0.29, 0.717) is 19.5 Å². The van der Waals surface area contributed by atoms with Crippen LogP contribution in [0.25, 0.3) is 0 Å². The Morgan fingerprint density at radius 3 is 2.45 bits per heavy atom. The highest BCUT2D eigenvalue weighted by molar-refractivity contribution is 5.81. The van der Waals surface area contributed by atoms with Crippen LogP contribution in [0.15, 0.2) is 24.3 Å². The molecule has 1 amide bonds. The summed E-state index contributed by atoms with van der Waals surface area (Å²) in [4.78, 5) is 22.2. The standard InChI is InChI=1S/C15H22N4O3/c16-9-15(6-1-7-15)10-18-14(20)13(17)8-11-2-4-12(5-3-11)19(21)22/h2-5,13H,1,6-10,16-17H2,(H,18,20). The van der Waals surface area contributed by atoms with Gasteiger partial charge in [0.05, 0.1) is 11.0 Å². The minimum absolute atomic E-state index is 0.0247. The van der Waals surface area contributed by atoms with E-state index in [-0.39, 0.29) is 17.0 Å². The number of carbonyl (C=O) groups excluding carboxylic acids is 1. The van der Waals surface area contributed by atoms with Crippen molar-refractivity contribution in [3.05, 3.63) is 39.9 Å². The van der Waals surface area contributed by atoms with E-state index < -0.39 is 11.0 Å². The predicted octanol–water partition coefficient (Wildman–Crippen LogP) is 0.710. The molecular formula is C15H22N4O3. The van der Waals surface area contributed by atoms with E-state index in [0.717, 1.165) is 24.8 Å². The lowest BCUT2D eigenvalue weighted by molar-refractivity contribution is -0.384. The molecule has 22 heavy (non-hydrogen) atoms. The average Bonchev–Trinajstić information content (AvgIpc) is 2.46. The molecule has 120 valence electrons. The van der Waals surface area contributed by atoms with Gasteiger partial charge in [-0.1, -0.05) is 18.6 Å². The highest BCUT2D eigenvalue weighted by Crippen LogP contribution is 2.39. The topological polar surface area (TPSA) is 124 Å². The van der Waals surface area contributed by atoms with Gasteiger partial charge in [0.25, 0.3) is 5.69 Å². The molecule has 5 N–H and O–H groups in total. The number of nitrogens with two attached hydrogens (primary N) is 2. The Balaban J connectivity index is 1.84. The number of hydrogen-bond donors (Lipinski definition) is 3. The first-order valence-electron chi connectivity index (χ1n) is 7.42. The van der Waals surface area contributed by atoms with E-state index >= 15 is 0 Å². The number of benzene rings is 1. The van der Waals surface area contributed by atoms with E-state index in [1.54, 1.807) is 12.1 Å². The van der Waals surface area contributed by atoms with Crippen LogP contribution in [-0.2, 0) is 11.2 Å². The van der Waals surface area contributed by atoms with Gasteiger partial charge in [0.2, 0.25) is 5.91 Å². The van der Waals surface area contributed by atoms with Crippen LogP contribution < -0.4 is 16.8 Å². The number of amides is 1. The first-order valence-corrected chi connectivity index (χ1v) is 7.42. The van der Waals surface area contributed by atoms with Crippen molar-refractivity contribution in [1.82, 2.24) is 5.32 Å². The second kappa shape index (κ2) is 6.85. The lowest BCUT2D eigenvalue weighted by Crippen LogP contribution is -2.50. The zero-order valence-corrected chi connectivity index (χ0v) is 12.5. The molecule has 7 heteroatoms. The Labute approximate surface area is 129 Å². The summed E-state index contributed by atoms with van der Waals surface area (Å²) in [5, 5.41) is 13.5. The van der Waals surface area contributed by atoms with Crippen LogP contribution in [0.4, 0.5) is 5.69 Å². The first kappa shape index (κ1) is 16.4. The molecule has 0 radical (unpaired) electrons. The summed E-state index contributed by atoms with van der Waals surface area (Å²) in [7, 11) is 0. The average molecular weight is 306 g/mol. The third-order valence-corrected chi connectivity index (χ3v) is 4.42. The van der Waals surface area contributed by atoms with Gasteiger partial charge < -0.3 is 16.8 Å². The fourth-order valence-electron chi connectivity index (χ4n) is 2.64. The predicted molar refractivity (Wildman–Crippen MR) is 83.1 cm³/mol. The van der Waals surface area contributed by atoms with E-state index in [1.807, 2.05) is 0 Å². The fourth-order valence-corrected chi connectivity index (χ4v) is 2.64. The SMILES string of the molecule is NCC1(CNC(=O)C(N)Cc2ccc([N+](=O)[O-])cc2)CCC1. The maximum atomic E-state index is 12.0. The van der Waals surface area contributed by atoms with Crippen molar-refractivity contribution in [2.45, 2.75) is 31.7 Å². The summed E-state index contributed by atoms with van der Waals surface area (Å²) < 4.78 is 0. The van der Waals surface area contributed by atoms with Crippen LogP contribution in [0.3, 0.4) is 0 Å². The molecule has 0 saturated heterocycles. The summed E-state index contributed by atoms with van der Waals surface area (Å²) in [6, 6.07) is 5.41. The molecule has 1 aliphatic carbocycles. The number of nitrogens with zero attached hydrogens (tertiary/aromatic N) is 1. The Kier molecular flexibility index (Phi) is 5.10. The summed E-state index contributed by atoms with van der Waals surface area (Å²) in [5.41, 5.74) is 12.5. The van der Waals surface area contributed by atoms with Gasteiger partial charge in [-0.05, 0) is 36.8 Å². The van der Waals surface area contributed by atoms with Crippen LogP contribution >= 0.6 is 0 Å². The zero-order valence-electron chi connectivity index (χ0n) is 12.5. The summed E-state index contributed by atoms with van der Waals surface area (Å²) in [6.45, 7) is 1.14. The number of non-ortho nitro benzene ring substituents is 1. The molecule has 0 heterocycles. The lowest BCUT2D eigenvalue weighted by Gasteiger charge is -2.41. The highest BCUT2D eigenvalue weighted by Gasteiger charge is 2.36. The molecular weight excluding hydrogens is 284 g/mol. The molecule has 1 fully saturated rings. The second-order valence-electron chi connectivity index (χ2n) is 6.01. The van der Waals surface area contributed by atoms with E-state index in [4.69, 9.17) is 11.5 Å².